The largest absolute Gasteiger partial charge is 0.391 e. The zero-order chi connectivity index (χ0) is 14.8. The van der Waals surface area contributed by atoms with Crippen LogP contribution in [0.5, 0.6) is 0 Å². The average molecular weight is 287 g/mol. The van der Waals surface area contributed by atoms with Crippen molar-refractivity contribution >= 4 is 5.69 Å². The van der Waals surface area contributed by atoms with Crippen molar-refractivity contribution in [3.63, 3.8) is 0 Å². The first-order valence-corrected chi connectivity index (χ1v) is 8.73. The van der Waals surface area contributed by atoms with Gasteiger partial charge in [-0.25, -0.2) is 0 Å². The van der Waals surface area contributed by atoms with Gasteiger partial charge in [-0.3, -0.25) is 0 Å². The van der Waals surface area contributed by atoms with Crippen LogP contribution in [0.4, 0.5) is 5.69 Å². The van der Waals surface area contributed by atoms with Gasteiger partial charge in [-0.1, -0.05) is 37.5 Å². The van der Waals surface area contributed by atoms with Crippen LogP contribution in [0, 0.1) is 12.8 Å². The van der Waals surface area contributed by atoms with Crippen LogP contribution in [0.1, 0.15) is 56.6 Å². The summed E-state index contributed by atoms with van der Waals surface area (Å²) < 4.78 is 0. The Bertz CT molecular complexity index is 484. The first-order valence-electron chi connectivity index (χ1n) is 8.73. The van der Waals surface area contributed by atoms with Crippen LogP contribution in [0.2, 0.25) is 0 Å². The monoisotopic (exact) mass is 287 g/mol. The number of anilines is 1. The van der Waals surface area contributed by atoms with Gasteiger partial charge >= 0.3 is 0 Å². The van der Waals surface area contributed by atoms with Crippen molar-refractivity contribution in [3.8, 4) is 0 Å². The fourth-order valence-corrected chi connectivity index (χ4v) is 4.32. The first kappa shape index (κ1) is 14.9. The summed E-state index contributed by atoms with van der Waals surface area (Å²) in [6.07, 6.45) is 8.20. The van der Waals surface area contributed by atoms with Crippen LogP contribution < -0.4 is 4.90 Å². The molecule has 116 valence electrons. The number of aryl methyl sites for hydroxylation is 2. The lowest BCUT2D eigenvalue weighted by atomic mass is 9.80. The summed E-state index contributed by atoms with van der Waals surface area (Å²) >= 11 is 0. The van der Waals surface area contributed by atoms with E-state index in [-0.39, 0.29) is 6.10 Å². The molecule has 1 N–H and O–H groups in total. The number of benzene rings is 1. The van der Waals surface area contributed by atoms with E-state index in [9.17, 15) is 5.11 Å². The van der Waals surface area contributed by atoms with Gasteiger partial charge in [0.15, 0.2) is 0 Å². The predicted octanol–water partition coefficient (Wildman–Crippen LogP) is 4.08. The van der Waals surface area contributed by atoms with Gasteiger partial charge in [0.25, 0.3) is 0 Å². The minimum Gasteiger partial charge on any atom is -0.391 e. The lowest BCUT2D eigenvalue weighted by molar-refractivity contribution is 0.0796. The number of aliphatic hydroxyl groups is 1. The Labute approximate surface area is 129 Å². The molecule has 21 heavy (non-hydrogen) atoms. The van der Waals surface area contributed by atoms with Crippen LogP contribution in [0.3, 0.4) is 0 Å². The average Bonchev–Trinajstić information content (AvgIpc) is 2.48. The van der Waals surface area contributed by atoms with E-state index < -0.39 is 0 Å². The van der Waals surface area contributed by atoms with Gasteiger partial charge < -0.3 is 10.0 Å². The van der Waals surface area contributed by atoms with E-state index >= 15 is 0 Å². The molecule has 0 amide bonds. The van der Waals surface area contributed by atoms with Crippen LogP contribution in [-0.4, -0.2) is 23.8 Å². The molecule has 1 aliphatic heterocycles. The summed E-state index contributed by atoms with van der Waals surface area (Å²) in [4.78, 5) is 2.52. The normalized spacial score (nSPS) is 29.3. The van der Waals surface area contributed by atoms with Crippen LogP contribution in [0.25, 0.3) is 0 Å². The van der Waals surface area contributed by atoms with E-state index in [1.54, 1.807) is 0 Å². The Hall–Kier alpha value is -1.02. The van der Waals surface area contributed by atoms with Crippen molar-refractivity contribution in [2.24, 2.45) is 5.92 Å². The molecule has 2 heteroatoms. The summed E-state index contributed by atoms with van der Waals surface area (Å²) in [6.45, 7) is 5.56. The minimum atomic E-state index is -0.148. The second-order valence-corrected chi connectivity index (χ2v) is 7.03. The Balaban J connectivity index is 1.83. The van der Waals surface area contributed by atoms with E-state index in [0.717, 1.165) is 18.9 Å². The summed E-state index contributed by atoms with van der Waals surface area (Å²) in [5.41, 5.74) is 4.21. The van der Waals surface area contributed by atoms with Gasteiger partial charge in [0.05, 0.1) is 12.1 Å². The Morgan fingerprint density at radius 3 is 2.95 bits per heavy atom. The van der Waals surface area contributed by atoms with Gasteiger partial charge in [-0.05, 0) is 56.6 Å². The Morgan fingerprint density at radius 2 is 2.14 bits per heavy atom. The number of hydrogen-bond donors (Lipinski definition) is 1. The molecule has 1 heterocycles. The van der Waals surface area contributed by atoms with Gasteiger partial charge in [0.2, 0.25) is 0 Å². The highest BCUT2D eigenvalue weighted by Crippen LogP contribution is 2.37. The number of nitrogens with zero attached hydrogens (tertiary/aromatic N) is 1. The maximum Gasteiger partial charge on any atom is 0.0743 e. The van der Waals surface area contributed by atoms with Crippen molar-refractivity contribution in [1.82, 2.24) is 0 Å². The van der Waals surface area contributed by atoms with Crippen molar-refractivity contribution in [1.29, 1.82) is 0 Å². The van der Waals surface area contributed by atoms with Crippen molar-refractivity contribution in [3.05, 3.63) is 29.3 Å². The number of hydrogen-bond acceptors (Lipinski definition) is 2. The Morgan fingerprint density at radius 1 is 1.29 bits per heavy atom. The molecule has 1 fully saturated rings. The molecule has 1 aromatic rings. The molecule has 2 nitrogen and oxygen atoms in total. The van der Waals surface area contributed by atoms with Gasteiger partial charge in [0, 0.05) is 12.2 Å². The molecule has 1 aliphatic carbocycles. The smallest absolute Gasteiger partial charge is 0.0743 e. The molecule has 3 unspecified atom stereocenters. The number of fused-ring (bicyclic) bond motifs is 1. The minimum absolute atomic E-state index is 0.148. The molecule has 0 saturated heterocycles. The summed E-state index contributed by atoms with van der Waals surface area (Å²) in [5.74, 6) is 0.805. The van der Waals surface area contributed by atoms with Crippen molar-refractivity contribution in [2.45, 2.75) is 70.9 Å². The van der Waals surface area contributed by atoms with E-state index in [0.29, 0.717) is 6.04 Å². The standard InChI is InChI=1S/C19H29NO/c1-3-5-15-8-10-19(21)18(13-15)20-11-4-6-16-12-14(2)7-9-17(16)20/h7,9,12,15,18-19,21H,3-6,8,10-11,13H2,1-2H3. The molecule has 3 rings (SSSR count). The highest BCUT2D eigenvalue weighted by molar-refractivity contribution is 5.57. The summed E-state index contributed by atoms with van der Waals surface area (Å²) in [6, 6.07) is 7.16. The summed E-state index contributed by atoms with van der Waals surface area (Å²) in [7, 11) is 0. The zero-order valence-electron chi connectivity index (χ0n) is 13.5. The molecular weight excluding hydrogens is 258 g/mol. The van der Waals surface area contributed by atoms with Crippen LogP contribution in [-0.2, 0) is 6.42 Å². The maximum atomic E-state index is 10.5. The third kappa shape index (κ3) is 3.11. The molecule has 0 radical (unpaired) electrons. The second kappa shape index (κ2) is 6.39. The molecule has 3 atom stereocenters. The van der Waals surface area contributed by atoms with E-state index in [1.165, 1.54) is 55.3 Å². The fraction of sp³-hybridized carbons (Fsp3) is 0.684. The summed E-state index contributed by atoms with van der Waals surface area (Å²) in [5, 5.41) is 10.5. The van der Waals surface area contributed by atoms with Gasteiger partial charge in [0.1, 0.15) is 0 Å². The molecular formula is C19H29NO. The zero-order valence-corrected chi connectivity index (χ0v) is 13.5. The fourth-order valence-electron chi connectivity index (χ4n) is 4.32. The highest BCUT2D eigenvalue weighted by Gasteiger charge is 2.34. The highest BCUT2D eigenvalue weighted by atomic mass is 16.3. The number of rotatable bonds is 3. The third-order valence-electron chi connectivity index (χ3n) is 5.38. The van der Waals surface area contributed by atoms with Crippen molar-refractivity contribution in [2.75, 3.05) is 11.4 Å². The van der Waals surface area contributed by atoms with Crippen LogP contribution in [0.15, 0.2) is 18.2 Å². The lowest BCUT2D eigenvalue weighted by Crippen LogP contribution is -2.49. The van der Waals surface area contributed by atoms with Gasteiger partial charge in [-0.15, -0.1) is 0 Å². The predicted molar refractivity (Wildman–Crippen MR) is 88.9 cm³/mol. The SMILES string of the molecule is CCCC1CCC(O)C(N2CCCc3cc(C)ccc32)C1. The quantitative estimate of drug-likeness (QED) is 0.905. The molecule has 0 aromatic heterocycles. The molecule has 1 saturated carbocycles. The van der Waals surface area contributed by atoms with Crippen LogP contribution >= 0.6 is 0 Å². The molecule has 0 bridgehead atoms. The van der Waals surface area contributed by atoms with Crippen molar-refractivity contribution < 1.29 is 5.11 Å². The maximum absolute atomic E-state index is 10.5. The van der Waals surface area contributed by atoms with Gasteiger partial charge in [-0.2, -0.15) is 0 Å². The topological polar surface area (TPSA) is 23.5 Å². The van der Waals surface area contributed by atoms with E-state index in [1.807, 2.05) is 0 Å². The molecule has 2 aliphatic rings. The Kier molecular flexibility index (Phi) is 4.54. The number of aliphatic hydroxyl groups excluding tert-OH is 1. The lowest BCUT2D eigenvalue weighted by Gasteiger charge is -2.44. The first-order chi connectivity index (χ1) is 10.2. The van der Waals surface area contributed by atoms with E-state index in [4.69, 9.17) is 0 Å². The second-order valence-electron chi connectivity index (χ2n) is 7.03. The molecule has 0 spiro atoms. The van der Waals surface area contributed by atoms with E-state index in [2.05, 4.69) is 36.9 Å². The molecule has 1 aromatic carbocycles. The third-order valence-corrected chi connectivity index (χ3v) is 5.38.